The Labute approximate surface area is 240 Å². The molecule has 11 nitrogen and oxygen atoms in total. The molecule has 40 heavy (non-hydrogen) atoms. The molecule has 1 aromatic rings. The van der Waals surface area contributed by atoms with Gasteiger partial charge in [-0.25, -0.2) is 0 Å². The Balaban J connectivity index is 1.73. The van der Waals surface area contributed by atoms with Gasteiger partial charge >= 0.3 is 0 Å². The zero-order valence-corrected chi connectivity index (χ0v) is 24.7. The van der Waals surface area contributed by atoms with E-state index >= 15 is 0 Å². The van der Waals surface area contributed by atoms with E-state index in [9.17, 15) is 24.3 Å². The van der Waals surface area contributed by atoms with E-state index in [1.807, 2.05) is 20.8 Å². The molecule has 0 aliphatic carbocycles. The Hall–Kier alpha value is -2.73. The standard InChI is InChI=1S/C28H41ClN4O7/c1-7-39-27-19(14-21(34)40-27)31-25(37)20-9-8-12-33(20)26(38)22(28(4,5)6)32-24(36)17-11-10-16(13-18(17)29)30-23(35)15(2)3/h10-11,13,15,19-22,27,34H,7-9,12,14H2,1-6H3,(H,30,35)(H,31,37)(H,32,36)/t19-,20-,21?,22+,27+/m0/s1. The summed E-state index contributed by atoms with van der Waals surface area (Å²) in [6.45, 7) is 11.5. The van der Waals surface area contributed by atoms with Crippen LogP contribution in [0.5, 0.6) is 0 Å². The van der Waals surface area contributed by atoms with Gasteiger partial charge in [-0.2, -0.15) is 0 Å². The molecule has 0 radical (unpaired) electrons. The normalized spacial score (nSPS) is 23.7. The predicted octanol–water partition coefficient (Wildman–Crippen LogP) is 2.66. The molecule has 222 valence electrons. The molecule has 0 aromatic heterocycles. The fraction of sp³-hybridized carbons (Fsp3) is 0.643. The molecule has 2 heterocycles. The van der Waals surface area contributed by atoms with Crippen molar-refractivity contribution in [3.8, 4) is 0 Å². The average Bonchev–Trinajstić information content (AvgIpc) is 3.48. The third-order valence-electron chi connectivity index (χ3n) is 6.97. The molecule has 5 atom stereocenters. The highest BCUT2D eigenvalue weighted by Crippen LogP contribution is 2.28. The summed E-state index contributed by atoms with van der Waals surface area (Å²) >= 11 is 6.38. The Bertz CT molecular complexity index is 1110. The van der Waals surface area contributed by atoms with E-state index in [1.54, 1.807) is 26.8 Å². The number of anilines is 1. The van der Waals surface area contributed by atoms with Gasteiger partial charge in [-0.15, -0.1) is 0 Å². The van der Waals surface area contributed by atoms with Crippen molar-refractivity contribution in [1.82, 2.24) is 15.5 Å². The van der Waals surface area contributed by atoms with E-state index < -0.39 is 42.0 Å². The summed E-state index contributed by atoms with van der Waals surface area (Å²) in [5, 5.41) is 18.4. The van der Waals surface area contributed by atoms with E-state index in [0.29, 0.717) is 31.7 Å². The van der Waals surface area contributed by atoms with Crippen LogP contribution in [0.2, 0.25) is 5.02 Å². The second kappa shape index (κ2) is 13.3. The van der Waals surface area contributed by atoms with Crippen molar-refractivity contribution in [3.63, 3.8) is 0 Å². The number of likely N-dealkylation sites (tertiary alicyclic amines) is 1. The maximum Gasteiger partial charge on any atom is 0.253 e. The first kappa shape index (κ1) is 31.8. The van der Waals surface area contributed by atoms with E-state index in [1.165, 1.54) is 17.0 Å². The first-order chi connectivity index (χ1) is 18.7. The number of aliphatic hydroxyl groups is 1. The van der Waals surface area contributed by atoms with Gasteiger partial charge in [0.25, 0.3) is 5.91 Å². The molecule has 3 rings (SSSR count). The fourth-order valence-electron chi connectivity index (χ4n) is 4.75. The quantitative estimate of drug-likeness (QED) is 0.351. The highest BCUT2D eigenvalue weighted by atomic mass is 35.5. The van der Waals surface area contributed by atoms with Crippen molar-refractivity contribution in [2.75, 3.05) is 18.5 Å². The van der Waals surface area contributed by atoms with E-state index in [0.717, 1.165) is 0 Å². The van der Waals surface area contributed by atoms with Crippen LogP contribution < -0.4 is 16.0 Å². The van der Waals surface area contributed by atoms with Crippen molar-refractivity contribution < 1.29 is 33.8 Å². The van der Waals surface area contributed by atoms with Gasteiger partial charge in [0.2, 0.25) is 17.7 Å². The van der Waals surface area contributed by atoms with Gasteiger partial charge in [-0.1, -0.05) is 46.2 Å². The van der Waals surface area contributed by atoms with Crippen LogP contribution in [0.3, 0.4) is 0 Å². The number of hydrogen-bond acceptors (Lipinski definition) is 7. The van der Waals surface area contributed by atoms with Crippen LogP contribution in [-0.2, 0) is 23.9 Å². The summed E-state index contributed by atoms with van der Waals surface area (Å²) in [6.07, 6.45) is -0.545. The molecule has 1 unspecified atom stereocenters. The number of carbonyl (C=O) groups is 4. The van der Waals surface area contributed by atoms with Crippen LogP contribution in [0, 0.1) is 11.3 Å². The third-order valence-corrected chi connectivity index (χ3v) is 7.28. The molecular weight excluding hydrogens is 540 g/mol. The minimum absolute atomic E-state index is 0.127. The second-order valence-corrected chi connectivity index (χ2v) is 12.0. The third kappa shape index (κ3) is 7.72. The summed E-state index contributed by atoms with van der Waals surface area (Å²) in [4.78, 5) is 53.8. The predicted molar refractivity (Wildman–Crippen MR) is 149 cm³/mol. The minimum Gasteiger partial charge on any atom is -0.368 e. The largest absolute Gasteiger partial charge is 0.368 e. The highest BCUT2D eigenvalue weighted by Gasteiger charge is 2.44. The molecule has 4 amide bonds. The smallest absolute Gasteiger partial charge is 0.253 e. The Morgan fingerprint density at radius 2 is 1.93 bits per heavy atom. The molecule has 4 N–H and O–H groups in total. The number of halogens is 1. The summed E-state index contributed by atoms with van der Waals surface area (Å²) in [7, 11) is 0. The van der Waals surface area contributed by atoms with Crippen LogP contribution >= 0.6 is 11.6 Å². The SMILES string of the molecule is CCO[C@@H]1OC(O)C[C@@H]1NC(=O)[C@@H]1CCCN1C(=O)[C@@H](NC(=O)c1ccc(NC(=O)C(C)C)cc1Cl)C(C)(C)C. The molecule has 0 saturated carbocycles. The van der Waals surface area contributed by atoms with Crippen LogP contribution in [0.1, 0.15) is 71.2 Å². The molecule has 0 bridgehead atoms. The van der Waals surface area contributed by atoms with Crippen LogP contribution in [0.4, 0.5) is 5.69 Å². The van der Waals surface area contributed by atoms with Crippen molar-refractivity contribution in [2.45, 2.75) is 91.5 Å². The Kier molecular flexibility index (Phi) is 10.6. The molecule has 2 aliphatic heterocycles. The molecule has 1 aromatic carbocycles. The maximum atomic E-state index is 13.8. The van der Waals surface area contributed by atoms with Crippen LogP contribution in [-0.4, -0.2) is 77.5 Å². The average molecular weight is 581 g/mol. The number of nitrogens with one attached hydrogen (secondary N) is 3. The second-order valence-electron chi connectivity index (χ2n) is 11.6. The summed E-state index contributed by atoms with van der Waals surface area (Å²) in [6, 6.07) is 2.34. The zero-order chi connectivity index (χ0) is 29.8. The highest BCUT2D eigenvalue weighted by molar-refractivity contribution is 6.34. The molecule has 2 fully saturated rings. The van der Waals surface area contributed by atoms with Gasteiger partial charge in [0.1, 0.15) is 12.1 Å². The lowest BCUT2D eigenvalue weighted by Crippen LogP contribution is -2.58. The topological polar surface area (TPSA) is 146 Å². The van der Waals surface area contributed by atoms with E-state index in [2.05, 4.69) is 16.0 Å². The van der Waals surface area contributed by atoms with Gasteiger partial charge in [0.15, 0.2) is 12.6 Å². The number of aliphatic hydroxyl groups excluding tert-OH is 1. The summed E-state index contributed by atoms with van der Waals surface area (Å²) in [5.41, 5.74) is -0.0672. The fourth-order valence-corrected chi connectivity index (χ4v) is 5.02. The summed E-state index contributed by atoms with van der Waals surface area (Å²) in [5.74, 6) is -1.68. The first-order valence-corrected chi connectivity index (χ1v) is 14.1. The molecule has 0 spiro atoms. The zero-order valence-electron chi connectivity index (χ0n) is 24.0. The molecule has 2 aliphatic rings. The van der Waals surface area contributed by atoms with Gasteiger partial charge in [0, 0.05) is 31.2 Å². The molecule has 2 saturated heterocycles. The number of rotatable bonds is 9. The first-order valence-electron chi connectivity index (χ1n) is 13.7. The Morgan fingerprint density at radius 1 is 1.23 bits per heavy atom. The minimum atomic E-state index is -1.05. The van der Waals surface area contributed by atoms with Crippen molar-refractivity contribution in [1.29, 1.82) is 0 Å². The van der Waals surface area contributed by atoms with Crippen LogP contribution in [0.15, 0.2) is 18.2 Å². The van der Waals surface area contributed by atoms with Crippen molar-refractivity contribution in [2.24, 2.45) is 11.3 Å². The summed E-state index contributed by atoms with van der Waals surface area (Å²) < 4.78 is 10.8. The maximum absolute atomic E-state index is 13.8. The Morgan fingerprint density at radius 3 is 2.52 bits per heavy atom. The molecule has 12 heteroatoms. The lowest BCUT2D eigenvalue weighted by atomic mass is 9.85. The van der Waals surface area contributed by atoms with Gasteiger partial charge < -0.3 is 35.4 Å². The monoisotopic (exact) mass is 580 g/mol. The van der Waals surface area contributed by atoms with Crippen LogP contribution in [0.25, 0.3) is 0 Å². The van der Waals surface area contributed by atoms with Gasteiger partial charge in [0.05, 0.1) is 16.6 Å². The number of amides is 4. The lowest BCUT2D eigenvalue weighted by molar-refractivity contribution is -0.188. The lowest BCUT2D eigenvalue weighted by Gasteiger charge is -2.35. The van der Waals surface area contributed by atoms with E-state index in [4.69, 9.17) is 21.1 Å². The van der Waals surface area contributed by atoms with Gasteiger partial charge in [-0.3, -0.25) is 19.2 Å². The number of benzene rings is 1. The van der Waals surface area contributed by atoms with E-state index in [-0.39, 0.29) is 40.6 Å². The number of carbonyl (C=O) groups excluding carboxylic acids is 4. The number of nitrogens with zero attached hydrogens (tertiary/aromatic N) is 1. The van der Waals surface area contributed by atoms with Gasteiger partial charge in [-0.05, 0) is 43.4 Å². The number of hydrogen-bond donors (Lipinski definition) is 4. The van der Waals surface area contributed by atoms with Crippen molar-refractivity contribution in [3.05, 3.63) is 28.8 Å². The molecular formula is C28H41ClN4O7. The van der Waals surface area contributed by atoms with Crippen molar-refractivity contribution >= 4 is 40.9 Å². The number of ether oxygens (including phenoxy) is 2.